The summed E-state index contributed by atoms with van der Waals surface area (Å²) in [6, 6.07) is 17.2. The molecular formula is C20H16N4O2S. The Hall–Kier alpha value is -3.19. The van der Waals surface area contributed by atoms with Gasteiger partial charge >= 0.3 is 0 Å². The van der Waals surface area contributed by atoms with Crippen LogP contribution in [0.1, 0.15) is 0 Å². The second-order valence-corrected chi connectivity index (χ2v) is 6.96. The molecule has 1 aliphatic rings. The summed E-state index contributed by atoms with van der Waals surface area (Å²) in [7, 11) is 0. The molecule has 2 amide bonds. The van der Waals surface area contributed by atoms with Crippen LogP contribution in [0.25, 0.3) is 11.4 Å². The summed E-state index contributed by atoms with van der Waals surface area (Å²) in [6.07, 6.45) is 3.13. The molecule has 1 aromatic heterocycles. The van der Waals surface area contributed by atoms with E-state index in [1.165, 1.54) is 16.7 Å². The van der Waals surface area contributed by atoms with Crippen molar-refractivity contribution in [2.24, 2.45) is 0 Å². The molecule has 2 aromatic carbocycles. The van der Waals surface area contributed by atoms with Crippen molar-refractivity contribution in [2.75, 3.05) is 22.5 Å². The van der Waals surface area contributed by atoms with Gasteiger partial charge in [-0.2, -0.15) is 0 Å². The molecule has 6 nitrogen and oxygen atoms in total. The number of benzene rings is 2. The molecule has 3 aromatic rings. The number of aromatic nitrogens is 2. The zero-order chi connectivity index (χ0) is 18.6. The fraction of sp³-hybridized carbons (Fsp3) is 0.100. The molecule has 27 heavy (non-hydrogen) atoms. The van der Waals surface area contributed by atoms with Gasteiger partial charge in [-0.05, 0) is 12.1 Å². The van der Waals surface area contributed by atoms with Crippen molar-refractivity contribution in [1.29, 1.82) is 0 Å². The molecular weight excluding hydrogens is 360 g/mol. The molecule has 0 bridgehead atoms. The van der Waals surface area contributed by atoms with Crippen molar-refractivity contribution in [3.05, 3.63) is 67.0 Å². The van der Waals surface area contributed by atoms with E-state index in [1.54, 1.807) is 12.4 Å². The lowest BCUT2D eigenvalue weighted by Crippen LogP contribution is -2.41. The predicted molar refractivity (Wildman–Crippen MR) is 106 cm³/mol. The third kappa shape index (κ3) is 3.83. The first-order valence-electron chi connectivity index (χ1n) is 8.40. The smallest absolute Gasteiger partial charge is 0.244 e. The van der Waals surface area contributed by atoms with Crippen LogP contribution in [0.4, 0.5) is 11.4 Å². The first-order valence-corrected chi connectivity index (χ1v) is 9.39. The summed E-state index contributed by atoms with van der Waals surface area (Å²) in [5.41, 5.74) is 2.17. The summed E-state index contributed by atoms with van der Waals surface area (Å²) in [5.74, 6) is 0.551. The molecule has 0 aliphatic carbocycles. The molecule has 1 N–H and O–H groups in total. The molecule has 2 heterocycles. The van der Waals surface area contributed by atoms with Gasteiger partial charge in [0.05, 0.1) is 29.5 Å². The van der Waals surface area contributed by atoms with Crippen LogP contribution in [0.3, 0.4) is 0 Å². The minimum absolute atomic E-state index is 0.0448. The second-order valence-electron chi connectivity index (χ2n) is 5.95. The summed E-state index contributed by atoms with van der Waals surface area (Å²) < 4.78 is 0. The SMILES string of the molecule is O=C(CN1C(=O)CSc2ccccc21)Nc1cnc(-c2ccccc2)nc1. The second kappa shape index (κ2) is 7.59. The van der Waals surface area contributed by atoms with E-state index in [2.05, 4.69) is 15.3 Å². The van der Waals surface area contributed by atoms with Crippen LogP contribution in [-0.2, 0) is 9.59 Å². The first-order chi connectivity index (χ1) is 13.2. The van der Waals surface area contributed by atoms with Crippen LogP contribution < -0.4 is 10.2 Å². The maximum atomic E-state index is 12.4. The number of fused-ring (bicyclic) bond motifs is 1. The highest BCUT2D eigenvalue weighted by molar-refractivity contribution is 8.00. The Bertz CT molecular complexity index is 977. The van der Waals surface area contributed by atoms with E-state index in [1.807, 2.05) is 54.6 Å². The van der Waals surface area contributed by atoms with E-state index in [-0.39, 0.29) is 18.4 Å². The average Bonchev–Trinajstić information content (AvgIpc) is 2.71. The van der Waals surface area contributed by atoms with Gasteiger partial charge in [-0.1, -0.05) is 42.5 Å². The van der Waals surface area contributed by atoms with Crippen LogP contribution in [0, 0.1) is 0 Å². The van der Waals surface area contributed by atoms with Gasteiger partial charge < -0.3 is 10.2 Å². The van der Waals surface area contributed by atoms with Crippen molar-refractivity contribution < 1.29 is 9.59 Å². The molecule has 0 spiro atoms. The van der Waals surface area contributed by atoms with Crippen molar-refractivity contribution in [1.82, 2.24) is 9.97 Å². The Balaban J connectivity index is 1.45. The van der Waals surface area contributed by atoms with Gasteiger partial charge in [0, 0.05) is 10.5 Å². The lowest BCUT2D eigenvalue weighted by atomic mass is 10.2. The van der Waals surface area contributed by atoms with Gasteiger partial charge in [-0.3, -0.25) is 9.59 Å². The molecule has 7 heteroatoms. The monoisotopic (exact) mass is 376 g/mol. The fourth-order valence-electron chi connectivity index (χ4n) is 2.80. The van der Waals surface area contributed by atoms with E-state index < -0.39 is 0 Å². The molecule has 134 valence electrons. The third-order valence-corrected chi connectivity index (χ3v) is 5.13. The van der Waals surface area contributed by atoms with Crippen LogP contribution in [-0.4, -0.2) is 34.1 Å². The highest BCUT2D eigenvalue weighted by atomic mass is 32.2. The largest absolute Gasteiger partial charge is 0.322 e. The molecule has 0 unspecified atom stereocenters. The van der Waals surface area contributed by atoms with Gasteiger partial charge in [-0.15, -0.1) is 11.8 Å². The van der Waals surface area contributed by atoms with Crippen LogP contribution in [0.15, 0.2) is 71.9 Å². The lowest BCUT2D eigenvalue weighted by Gasteiger charge is -2.28. The third-order valence-electron chi connectivity index (χ3n) is 4.08. The molecule has 1 aliphatic heterocycles. The summed E-state index contributed by atoms with van der Waals surface area (Å²) in [5, 5.41) is 2.75. The van der Waals surface area contributed by atoms with Crippen molar-refractivity contribution in [3.8, 4) is 11.4 Å². The van der Waals surface area contributed by atoms with E-state index in [9.17, 15) is 9.59 Å². The Morgan fingerprint density at radius 3 is 2.52 bits per heavy atom. The number of rotatable bonds is 4. The number of carbonyl (C=O) groups excluding carboxylic acids is 2. The number of hydrogen-bond donors (Lipinski definition) is 1. The standard InChI is InChI=1S/C20H16N4O2S/c25-18(12-24-16-8-4-5-9-17(16)27-13-19(24)26)23-15-10-21-20(22-11-15)14-6-2-1-3-7-14/h1-11H,12-13H2,(H,23,25). The molecule has 4 rings (SSSR count). The average molecular weight is 376 g/mol. The Labute approximate surface area is 160 Å². The highest BCUT2D eigenvalue weighted by Gasteiger charge is 2.26. The normalized spacial score (nSPS) is 13.2. The van der Waals surface area contributed by atoms with Gasteiger partial charge in [0.15, 0.2) is 5.82 Å². The number of nitrogens with one attached hydrogen (secondary N) is 1. The molecule has 0 atom stereocenters. The van der Waals surface area contributed by atoms with Crippen LogP contribution in [0.2, 0.25) is 0 Å². The number of amides is 2. The van der Waals surface area contributed by atoms with Crippen LogP contribution in [0.5, 0.6) is 0 Å². The fourth-order valence-corrected chi connectivity index (χ4v) is 3.74. The topological polar surface area (TPSA) is 75.2 Å². The first kappa shape index (κ1) is 17.2. The number of carbonyl (C=O) groups is 2. The molecule has 0 fully saturated rings. The summed E-state index contributed by atoms with van der Waals surface area (Å²) in [4.78, 5) is 35.8. The zero-order valence-electron chi connectivity index (χ0n) is 14.3. The number of thioether (sulfide) groups is 1. The van der Waals surface area contributed by atoms with E-state index in [4.69, 9.17) is 0 Å². The van der Waals surface area contributed by atoms with Crippen LogP contribution >= 0.6 is 11.8 Å². The van der Waals surface area contributed by atoms with Crippen molar-refractivity contribution >= 4 is 35.0 Å². The van der Waals surface area contributed by atoms with Gasteiger partial charge in [0.25, 0.3) is 0 Å². The van der Waals surface area contributed by atoms with E-state index >= 15 is 0 Å². The van der Waals surface area contributed by atoms with Crippen molar-refractivity contribution in [3.63, 3.8) is 0 Å². The van der Waals surface area contributed by atoms with E-state index in [0.717, 1.165) is 16.1 Å². The summed E-state index contributed by atoms with van der Waals surface area (Å²) in [6.45, 7) is -0.0448. The zero-order valence-corrected chi connectivity index (χ0v) is 15.1. The van der Waals surface area contributed by atoms with E-state index in [0.29, 0.717) is 17.3 Å². The Kier molecular flexibility index (Phi) is 4.84. The number of anilines is 2. The lowest BCUT2D eigenvalue weighted by molar-refractivity contribution is -0.120. The molecule has 0 saturated carbocycles. The minimum atomic E-state index is -0.291. The molecule has 0 radical (unpaired) electrons. The van der Waals surface area contributed by atoms with Gasteiger partial charge in [0.2, 0.25) is 11.8 Å². The maximum Gasteiger partial charge on any atom is 0.244 e. The quantitative estimate of drug-likeness (QED) is 0.757. The Morgan fingerprint density at radius 1 is 1.04 bits per heavy atom. The number of hydrogen-bond acceptors (Lipinski definition) is 5. The van der Waals surface area contributed by atoms with Gasteiger partial charge in [0.1, 0.15) is 6.54 Å². The maximum absolute atomic E-state index is 12.4. The minimum Gasteiger partial charge on any atom is -0.322 e. The molecule has 0 saturated heterocycles. The Morgan fingerprint density at radius 2 is 1.74 bits per heavy atom. The highest BCUT2D eigenvalue weighted by Crippen LogP contribution is 2.34. The summed E-state index contributed by atoms with van der Waals surface area (Å²) >= 11 is 1.49. The number of nitrogens with zero attached hydrogens (tertiary/aromatic N) is 3. The number of para-hydroxylation sites is 1. The predicted octanol–water partition coefficient (Wildman–Crippen LogP) is 3.22. The van der Waals surface area contributed by atoms with Crippen molar-refractivity contribution in [2.45, 2.75) is 4.90 Å². The van der Waals surface area contributed by atoms with Gasteiger partial charge in [-0.25, -0.2) is 9.97 Å².